The maximum Gasteiger partial charge on any atom is 0.374 e. The number of rotatable bonds is 3. The molecule has 0 unspecified atom stereocenters. The Balaban J connectivity index is 2.55. The maximum absolute atomic E-state index is 10.7. The van der Waals surface area contributed by atoms with Crippen LogP contribution < -0.4 is 0 Å². The molecular weight excluding hydrogens is 302 g/mol. The van der Waals surface area contributed by atoms with Crippen LogP contribution in [0.2, 0.25) is 0 Å². The first-order valence-electron chi connectivity index (χ1n) is 5.24. The summed E-state index contributed by atoms with van der Waals surface area (Å²) in [5.74, 6) is -1.45. The Kier molecular flexibility index (Phi) is 3.38. The maximum atomic E-state index is 10.7. The number of halogens is 1. The zero-order valence-corrected chi connectivity index (χ0v) is 11.1. The van der Waals surface area contributed by atoms with Crippen molar-refractivity contribution in [3.63, 3.8) is 0 Å². The topological polar surface area (TPSA) is 83.6 Å². The molecule has 0 spiro atoms. The van der Waals surface area contributed by atoms with Crippen molar-refractivity contribution >= 4 is 21.9 Å². The van der Waals surface area contributed by atoms with Crippen LogP contribution in [0.1, 0.15) is 23.0 Å². The molecule has 2 N–H and O–H groups in total. The molecule has 6 heteroatoms. The molecule has 2 aromatic rings. The van der Waals surface area contributed by atoms with E-state index < -0.39 is 5.97 Å². The van der Waals surface area contributed by atoms with Crippen LogP contribution >= 0.6 is 15.9 Å². The van der Waals surface area contributed by atoms with E-state index in [0.717, 1.165) is 12.0 Å². The number of aromatic carboxylic acids is 1. The highest BCUT2D eigenvalue weighted by atomic mass is 79.9. The molecule has 1 heterocycles. The normalized spacial score (nSPS) is 10.6. The summed E-state index contributed by atoms with van der Waals surface area (Å²) in [6, 6.07) is 4.84. The van der Waals surface area contributed by atoms with Gasteiger partial charge in [0, 0.05) is 11.6 Å². The molecule has 2 rings (SSSR count). The molecular formula is C12H10BrNO4. The molecule has 1 aromatic heterocycles. The molecule has 0 fully saturated rings. The summed E-state index contributed by atoms with van der Waals surface area (Å²) in [5, 5.41) is 22.4. The van der Waals surface area contributed by atoms with E-state index in [1.165, 1.54) is 6.07 Å². The third-order valence-electron chi connectivity index (χ3n) is 2.53. The van der Waals surface area contributed by atoms with Gasteiger partial charge in [-0.1, -0.05) is 12.1 Å². The van der Waals surface area contributed by atoms with E-state index >= 15 is 0 Å². The van der Waals surface area contributed by atoms with Crippen LogP contribution in [0.15, 0.2) is 27.2 Å². The van der Waals surface area contributed by atoms with Gasteiger partial charge in [-0.3, -0.25) is 0 Å². The molecule has 0 aliphatic heterocycles. The van der Waals surface area contributed by atoms with Gasteiger partial charge in [-0.15, -0.1) is 0 Å². The fourth-order valence-corrected chi connectivity index (χ4v) is 2.07. The molecule has 18 heavy (non-hydrogen) atoms. The van der Waals surface area contributed by atoms with E-state index in [2.05, 4.69) is 25.6 Å². The zero-order valence-electron chi connectivity index (χ0n) is 9.48. The highest BCUT2D eigenvalue weighted by Gasteiger charge is 2.16. The van der Waals surface area contributed by atoms with Crippen molar-refractivity contribution in [3.8, 4) is 17.0 Å². The van der Waals surface area contributed by atoms with Gasteiger partial charge >= 0.3 is 5.97 Å². The third-order valence-corrected chi connectivity index (χ3v) is 3.13. The van der Waals surface area contributed by atoms with Crippen LogP contribution in [0.3, 0.4) is 0 Å². The summed E-state index contributed by atoms with van der Waals surface area (Å²) in [5.41, 5.74) is 1.73. The number of carboxylic acid groups (broad SMARTS) is 1. The number of aromatic nitrogens is 1. The minimum atomic E-state index is -1.20. The average Bonchev–Trinajstić information content (AvgIpc) is 2.82. The largest absolute Gasteiger partial charge is 0.506 e. The molecule has 0 amide bonds. The van der Waals surface area contributed by atoms with Gasteiger partial charge in [-0.25, -0.2) is 4.79 Å². The lowest BCUT2D eigenvalue weighted by Crippen LogP contribution is -1.91. The number of benzene rings is 1. The standard InChI is InChI=1S/C12H10BrNO4/c1-2-6-3-7(11(15)8(13)4-6)9-5-10(12(16)17)18-14-9/h3-5,15H,2H2,1H3,(H,16,17). The summed E-state index contributed by atoms with van der Waals surface area (Å²) in [4.78, 5) is 10.7. The number of aryl methyl sites for hydroxylation is 1. The Bertz CT molecular complexity index is 606. The predicted molar refractivity (Wildman–Crippen MR) is 67.6 cm³/mol. The Morgan fingerprint density at radius 2 is 2.17 bits per heavy atom. The Morgan fingerprint density at radius 1 is 1.44 bits per heavy atom. The minimum absolute atomic E-state index is 0.0115. The number of carbonyl (C=O) groups is 1. The monoisotopic (exact) mass is 311 g/mol. The van der Waals surface area contributed by atoms with E-state index in [1.54, 1.807) is 12.1 Å². The number of nitrogens with zero attached hydrogens (tertiary/aromatic N) is 1. The molecule has 0 aliphatic carbocycles. The summed E-state index contributed by atoms with van der Waals surface area (Å²) < 4.78 is 5.21. The molecule has 0 atom stereocenters. The lowest BCUT2D eigenvalue weighted by Gasteiger charge is -2.06. The average molecular weight is 312 g/mol. The number of aromatic hydroxyl groups is 1. The van der Waals surface area contributed by atoms with Gasteiger partial charge in [0.1, 0.15) is 11.4 Å². The number of phenols is 1. The molecule has 1 aromatic carbocycles. The van der Waals surface area contributed by atoms with E-state index in [4.69, 9.17) is 5.11 Å². The van der Waals surface area contributed by atoms with Crippen LogP contribution in [-0.4, -0.2) is 21.3 Å². The SMILES string of the molecule is CCc1cc(Br)c(O)c(-c2cc(C(=O)O)on2)c1. The van der Waals surface area contributed by atoms with Crippen molar-refractivity contribution in [3.05, 3.63) is 34.0 Å². The van der Waals surface area contributed by atoms with Gasteiger partial charge in [0.15, 0.2) is 0 Å². The highest BCUT2D eigenvalue weighted by Crippen LogP contribution is 2.36. The van der Waals surface area contributed by atoms with Crippen molar-refractivity contribution in [1.29, 1.82) is 0 Å². The second-order valence-electron chi connectivity index (χ2n) is 3.71. The third kappa shape index (κ3) is 2.24. The van der Waals surface area contributed by atoms with E-state index in [1.807, 2.05) is 6.92 Å². The van der Waals surface area contributed by atoms with Gasteiger partial charge < -0.3 is 14.7 Å². The van der Waals surface area contributed by atoms with Crippen molar-refractivity contribution in [2.24, 2.45) is 0 Å². The highest BCUT2D eigenvalue weighted by molar-refractivity contribution is 9.10. The summed E-state index contributed by atoms with van der Waals surface area (Å²) in [7, 11) is 0. The second-order valence-corrected chi connectivity index (χ2v) is 4.56. The van der Waals surface area contributed by atoms with E-state index in [9.17, 15) is 9.90 Å². The van der Waals surface area contributed by atoms with Gasteiger partial charge in [-0.05, 0) is 40.0 Å². The van der Waals surface area contributed by atoms with Gasteiger partial charge in [0.25, 0.3) is 0 Å². The molecule has 94 valence electrons. The summed E-state index contributed by atoms with van der Waals surface area (Å²) in [6.07, 6.45) is 0.787. The predicted octanol–water partition coefficient (Wildman–Crippen LogP) is 3.07. The number of carboxylic acids is 1. The lowest BCUT2D eigenvalue weighted by molar-refractivity contribution is 0.0652. The lowest BCUT2D eigenvalue weighted by atomic mass is 10.1. The first-order valence-corrected chi connectivity index (χ1v) is 6.04. The molecule has 0 saturated heterocycles. The van der Waals surface area contributed by atoms with E-state index in [-0.39, 0.29) is 11.5 Å². The second kappa shape index (κ2) is 4.81. The fourth-order valence-electron chi connectivity index (χ4n) is 1.56. The van der Waals surface area contributed by atoms with Crippen LogP contribution in [0.25, 0.3) is 11.3 Å². The fraction of sp³-hybridized carbons (Fsp3) is 0.167. The molecule has 0 bridgehead atoms. The Labute approximate surface area is 111 Å². The first-order chi connectivity index (χ1) is 8.52. The summed E-state index contributed by atoms with van der Waals surface area (Å²) in [6.45, 7) is 1.98. The number of phenolic OH excluding ortho intramolecular Hbond substituents is 1. The van der Waals surface area contributed by atoms with Crippen molar-refractivity contribution in [2.45, 2.75) is 13.3 Å². The zero-order chi connectivity index (χ0) is 13.3. The van der Waals surface area contributed by atoms with Crippen molar-refractivity contribution < 1.29 is 19.5 Å². The van der Waals surface area contributed by atoms with Crippen LogP contribution in [0, 0.1) is 0 Å². The summed E-state index contributed by atoms with van der Waals surface area (Å²) >= 11 is 3.25. The van der Waals surface area contributed by atoms with Crippen molar-refractivity contribution in [1.82, 2.24) is 5.16 Å². The Hall–Kier alpha value is -1.82. The molecule has 0 radical (unpaired) electrons. The quantitative estimate of drug-likeness (QED) is 0.910. The smallest absolute Gasteiger partial charge is 0.374 e. The van der Waals surface area contributed by atoms with Gasteiger partial charge in [-0.2, -0.15) is 0 Å². The van der Waals surface area contributed by atoms with Gasteiger partial charge in [0.05, 0.1) is 4.47 Å². The van der Waals surface area contributed by atoms with Crippen LogP contribution in [-0.2, 0) is 6.42 Å². The van der Waals surface area contributed by atoms with E-state index in [0.29, 0.717) is 15.7 Å². The van der Waals surface area contributed by atoms with Crippen molar-refractivity contribution in [2.75, 3.05) is 0 Å². The Morgan fingerprint density at radius 3 is 2.72 bits per heavy atom. The first kappa shape index (κ1) is 12.6. The molecule has 5 nitrogen and oxygen atoms in total. The molecule has 0 aliphatic rings. The number of hydrogen-bond acceptors (Lipinski definition) is 4. The molecule has 0 saturated carbocycles. The minimum Gasteiger partial charge on any atom is -0.506 e. The van der Waals surface area contributed by atoms with Gasteiger partial charge in [0.2, 0.25) is 5.76 Å². The number of hydrogen-bond donors (Lipinski definition) is 2. The van der Waals surface area contributed by atoms with Crippen LogP contribution in [0.4, 0.5) is 0 Å². The van der Waals surface area contributed by atoms with Crippen LogP contribution in [0.5, 0.6) is 5.75 Å².